The molecule has 0 bridgehead atoms. The Morgan fingerprint density at radius 2 is 1.90 bits per heavy atom. The van der Waals surface area contributed by atoms with Crippen molar-refractivity contribution >= 4 is 27.5 Å². The molecule has 0 spiro atoms. The minimum Gasteiger partial charge on any atom is -0.340 e. The number of piperazine rings is 1. The van der Waals surface area contributed by atoms with Gasteiger partial charge >= 0.3 is 0 Å². The van der Waals surface area contributed by atoms with Crippen LogP contribution in [-0.4, -0.2) is 49.7 Å². The van der Waals surface area contributed by atoms with Crippen LogP contribution in [0.5, 0.6) is 0 Å². The highest BCUT2D eigenvalue weighted by atomic mass is 35.5. The minimum atomic E-state index is -3.64. The van der Waals surface area contributed by atoms with E-state index in [-0.39, 0.29) is 28.9 Å². The van der Waals surface area contributed by atoms with Gasteiger partial charge in [0.25, 0.3) is 0 Å². The summed E-state index contributed by atoms with van der Waals surface area (Å²) in [6, 6.07) is 4.71. The van der Waals surface area contributed by atoms with Crippen molar-refractivity contribution in [1.29, 1.82) is 0 Å². The molecule has 2 N–H and O–H groups in total. The van der Waals surface area contributed by atoms with Crippen molar-refractivity contribution in [2.24, 2.45) is 5.73 Å². The molecule has 2 rings (SSSR count). The van der Waals surface area contributed by atoms with Crippen molar-refractivity contribution in [3.63, 3.8) is 0 Å². The van der Waals surface area contributed by atoms with E-state index in [1.165, 1.54) is 17.3 Å². The van der Waals surface area contributed by atoms with E-state index in [1.54, 1.807) is 17.0 Å². The van der Waals surface area contributed by atoms with Gasteiger partial charge in [-0.15, -0.1) is 0 Å². The summed E-state index contributed by atoms with van der Waals surface area (Å²) in [7, 11) is -3.64. The molecule has 0 saturated carbocycles. The molecule has 1 aliphatic heterocycles. The standard InChI is InChI=1S/C13H18ClN3O3S/c1-10(18)16-4-6-17(7-5-16)21(19,20)13-3-2-11(9-15)8-12(13)14/h2-3,8H,4-7,9,15H2,1H3. The number of rotatable bonds is 3. The lowest BCUT2D eigenvalue weighted by atomic mass is 10.2. The normalized spacial score (nSPS) is 17.0. The highest BCUT2D eigenvalue weighted by molar-refractivity contribution is 7.89. The smallest absolute Gasteiger partial charge is 0.244 e. The van der Waals surface area contributed by atoms with Gasteiger partial charge in [-0.1, -0.05) is 17.7 Å². The zero-order valence-electron chi connectivity index (χ0n) is 11.8. The van der Waals surface area contributed by atoms with Gasteiger partial charge in [0.05, 0.1) is 5.02 Å². The van der Waals surface area contributed by atoms with Crippen molar-refractivity contribution in [1.82, 2.24) is 9.21 Å². The number of nitrogens with two attached hydrogens (primary N) is 1. The largest absolute Gasteiger partial charge is 0.340 e. The molecule has 1 saturated heterocycles. The summed E-state index contributed by atoms with van der Waals surface area (Å²) in [5.74, 6) is -0.0441. The number of benzene rings is 1. The zero-order chi connectivity index (χ0) is 15.6. The number of amides is 1. The lowest BCUT2D eigenvalue weighted by Gasteiger charge is -2.33. The summed E-state index contributed by atoms with van der Waals surface area (Å²) in [5, 5.41) is 0.173. The maximum Gasteiger partial charge on any atom is 0.244 e. The van der Waals surface area contributed by atoms with Crippen molar-refractivity contribution < 1.29 is 13.2 Å². The number of carbonyl (C=O) groups excluding carboxylic acids is 1. The van der Waals surface area contributed by atoms with Crippen LogP contribution in [0, 0.1) is 0 Å². The van der Waals surface area contributed by atoms with Crippen molar-refractivity contribution in [3.8, 4) is 0 Å². The predicted octanol–water partition coefficient (Wildman–Crippen LogP) is 0.651. The predicted molar refractivity (Wildman–Crippen MR) is 80.4 cm³/mol. The summed E-state index contributed by atoms with van der Waals surface area (Å²) >= 11 is 6.07. The fraction of sp³-hybridized carbons (Fsp3) is 0.462. The highest BCUT2D eigenvalue weighted by Gasteiger charge is 2.30. The molecule has 1 aromatic carbocycles. The molecule has 1 fully saturated rings. The van der Waals surface area contributed by atoms with E-state index in [9.17, 15) is 13.2 Å². The van der Waals surface area contributed by atoms with Crippen LogP contribution in [0.3, 0.4) is 0 Å². The average molecular weight is 332 g/mol. The molecule has 6 nitrogen and oxygen atoms in total. The van der Waals surface area contributed by atoms with Gasteiger partial charge < -0.3 is 10.6 Å². The van der Waals surface area contributed by atoms with Gasteiger partial charge in [-0.3, -0.25) is 4.79 Å². The van der Waals surface area contributed by atoms with Gasteiger partial charge in [-0.05, 0) is 17.7 Å². The van der Waals surface area contributed by atoms with Gasteiger partial charge in [0, 0.05) is 39.6 Å². The maximum absolute atomic E-state index is 12.6. The van der Waals surface area contributed by atoms with Crippen molar-refractivity contribution in [2.45, 2.75) is 18.4 Å². The Balaban J connectivity index is 2.21. The first-order valence-electron chi connectivity index (χ1n) is 6.60. The van der Waals surface area contributed by atoms with Crippen LogP contribution in [0.1, 0.15) is 12.5 Å². The van der Waals surface area contributed by atoms with Gasteiger partial charge in [0.1, 0.15) is 4.90 Å². The molecule has 21 heavy (non-hydrogen) atoms. The molecule has 8 heteroatoms. The van der Waals surface area contributed by atoms with Gasteiger partial charge in [-0.25, -0.2) is 8.42 Å². The Labute approximate surface area is 129 Å². The molecule has 0 aromatic heterocycles. The fourth-order valence-electron chi connectivity index (χ4n) is 2.26. The van der Waals surface area contributed by atoms with Crippen LogP contribution in [0.4, 0.5) is 0 Å². The molecule has 116 valence electrons. The number of hydrogen-bond donors (Lipinski definition) is 1. The third-order valence-electron chi connectivity index (χ3n) is 3.53. The first-order chi connectivity index (χ1) is 9.86. The molecule has 1 aromatic rings. The topological polar surface area (TPSA) is 83.7 Å². The van der Waals surface area contributed by atoms with Crippen LogP contribution < -0.4 is 5.73 Å². The molecular weight excluding hydrogens is 314 g/mol. The lowest BCUT2D eigenvalue weighted by Crippen LogP contribution is -2.49. The van der Waals surface area contributed by atoms with E-state index in [2.05, 4.69) is 0 Å². The molecule has 1 aliphatic rings. The van der Waals surface area contributed by atoms with E-state index in [0.29, 0.717) is 19.6 Å². The average Bonchev–Trinajstić information content (AvgIpc) is 2.46. The van der Waals surface area contributed by atoms with E-state index < -0.39 is 10.0 Å². The Morgan fingerprint density at radius 1 is 1.29 bits per heavy atom. The van der Waals surface area contributed by atoms with Crippen LogP contribution in [0.2, 0.25) is 5.02 Å². The molecule has 0 radical (unpaired) electrons. The Kier molecular flexibility index (Phi) is 4.88. The van der Waals surface area contributed by atoms with Crippen LogP contribution in [0.15, 0.2) is 23.1 Å². The Bertz CT molecular complexity index is 640. The number of halogens is 1. The van der Waals surface area contributed by atoms with Crippen molar-refractivity contribution in [3.05, 3.63) is 28.8 Å². The summed E-state index contributed by atoms with van der Waals surface area (Å²) in [6.07, 6.45) is 0. The molecular formula is C13H18ClN3O3S. The van der Waals surface area contributed by atoms with Crippen LogP contribution in [0.25, 0.3) is 0 Å². The van der Waals surface area contributed by atoms with E-state index >= 15 is 0 Å². The van der Waals surface area contributed by atoms with Gasteiger partial charge in [0.15, 0.2) is 0 Å². The van der Waals surface area contributed by atoms with Gasteiger partial charge in [-0.2, -0.15) is 4.31 Å². The first-order valence-corrected chi connectivity index (χ1v) is 8.42. The SMILES string of the molecule is CC(=O)N1CCN(S(=O)(=O)c2ccc(CN)cc2Cl)CC1. The second kappa shape index (κ2) is 6.31. The highest BCUT2D eigenvalue weighted by Crippen LogP contribution is 2.26. The summed E-state index contributed by atoms with van der Waals surface area (Å²) in [5.41, 5.74) is 6.29. The quantitative estimate of drug-likeness (QED) is 0.881. The molecule has 0 unspecified atom stereocenters. The third kappa shape index (κ3) is 3.37. The van der Waals surface area contributed by atoms with Gasteiger partial charge in [0.2, 0.25) is 15.9 Å². The third-order valence-corrected chi connectivity index (χ3v) is 5.92. The monoisotopic (exact) mass is 331 g/mol. The summed E-state index contributed by atoms with van der Waals surface area (Å²) in [4.78, 5) is 13.0. The fourth-order valence-corrected chi connectivity index (χ4v) is 4.23. The zero-order valence-corrected chi connectivity index (χ0v) is 13.3. The lowest BCUT2D eigenvalue weighted by molar-refractivity contribution is -0.129. The number of nitrogens with zero attached hydrogens (tertiary/aromatic N) is 2. The van der Waals surface area contributed by atoms with E-state index in [4.69, 9.17) is 17.3 Å². The van der Waals surface area contributed by atoms with Crippen molar-refractivity contribution in [2.75, 3.05) is 26.2 Å². The molecule has 1 heterocycles. The molecule has 0 aliphatic carbocycles. The first kappa shape index (κ1) is 16.2. The van der Waals surface area contributed by atoms with E-state index in [0.717, 1.165) is 5.56 Å². The second-order valence-corrected chi connectivity index (χ2v) is 7.19. The Morgan fingerprint density at radius 3 is 2.38 bits per heavy atom. The van der Waals surface area contributed by atoms with Crippen LogP contribution in [-0.2, 0) is 21.4 Å². The maximum atomic E-state index is 12.6. The summed E-state index contributed by atoms with van der Waals surface area (Å²) < 4.78 is 26.5. The second-order valence-electron chi connectivity index (χ2n) is 4.88. The minimum absolute atomic E-state index is 0.0441. The van der Waals surface area contributed by atoms with Crippen LogP contribution >= 0.6 is 11.6 Å². The molecule has 0 atom stereocenters. The molecule has 1 amide bonds. The number of sulfonamides is 1. The number of hydrogen-bond acceptors (Lipinski definition) is 4. The van der Waals surface area contributed by atoms with E-state index in [1.807, 2.05) is 0 Å². The Hall–Kier alpha value is -1.15. The summed E-state index contributed by atoms with van der Waals surface area (Å²) in [6.45, 7) is 3.12. The number of carbonyl (C=O) groups is 1.